The second-order valence-electron chi connectivity index (χ2n) is 5.04. The molecule has 0 saturated heterocycles. The van der Waals surface area contributed by atoms with Crippen LogP contribution in [-0.2, 0) is 11.3 Å². The van der Waals surface area contributed by atoms with Gasteiger partial charge in [0, 0.05) is 3.57 Å². The van der Waals surface area contributed by atoms with Crippen molar-refractivity contribution in [3.05, 3.63) is 58.7 Å². The highest BCUT2D eigenvalue weighted by atomic mass is 127. The first-order valence-electron chi connectivity index (χ1n) is 6.09. The standard InChI is InChI=1S/C16H21IO/c1-5-11-16(3,4)15(6-2)18-12-13-9-7-8-10-14(13)17/h5-10,15H,1-2,11-12H2,3-4H3. The zero-order valence-electron chi connectivity index (χ0n) is 11.2. The van der Waals surface area contributed by atoms with Crippen molar-refractivity contribution in [3.8, 4) is 0 Å². The van der Waals surface area contributed by atoms with Gasteiger partial charge in [0.25, 0.3) is 0 Å². The van der Waals surface area contributed by atoms with Crippen LogP contribution in [0.1, 0.15) is 25.8 Å². The first kappa shape index (κ1) is 15.4. The number of hydrogen-bond donors (Lipinski definition) is 0. The van der Waals surface area contributed by atoms with Crippen LogP contribution in [0, 0.1) is 8.99 Å². The highest BCUT2D eigenvalue weighted by Gasteiger charge is 2.26. The molecule has 0 aromatic heterocycles. The fourth-order valence-electron chi connectivity index (χ4n) is 1.90. The van der Waals surface area contributed by atoms with E-state index in [4.69, 9.17) is 4.74 Å². The first-order chi connectivity index (χ1) is 8.51. The summed E-state index contributed by atoms with van der Waals surface area (Å²) in [4.78, 5) is 0. The highest BCUT2D eigenvalue weighted by molar-refractivity contribution is 14.1. The lowest BCUT2D eigenvalue weighted by Crippen LogP contribution is -2.29. The van der Waals surface area contributed by atoms with Gasteiger partial charge in [-0.1, -0.05) is 44.2 Å². The molecule has 0 aliphatic rings. The van der Waals surface area contributed by atoms with Gasteiger partial charge in [-0.05, 0) is 46.1 Å². The topological polar surface area (TPSA) is 9.23 Å². The molecule has 0 radical (unpaired) electrons. The molecule has 1 aromatic carbocycles. The summed E-state index contributed by atoms with van der Waals surface area (Å²) in [6.45, 7) is 12.7. The van der Waals surface area contributed by atoms with Gasteiger partial charge in [0.2, 0.25) is 0 Å². The van der Waals surface area contributed by atoms with E-state index in [9.17, 15) is 0 Å². The summed E-state index contributed by atoms with van der Waals surface area (Å²) in [6.07, 6.45) is 4.77. The molecule has 98 valence electrons. The monoisotopic (exact) mass is 356 g/mol. The predicted octanol–water partition coefficient (Wildman–Crippen LogP) is 4.96. The second-order valence-corrected chi connectivity index (χ2v) is 6.20. The quantitative estimate of drug-likeness (QED) is 0.495. The molecular formula is C16H21IO. The third kappa shape index (κ3) is 4.25. The SMILES string of the molecule is C=CCC(C)(C)C(C=C)OCc1ccccc1I. The van der Waals surface area contributed by atoms with Gasteiger partial charge in [-0.3, -0.25) is 0 Å². The average molecular weight is 356 g/mol. The van der Waals surface area contributed by atoms with Crippen molar-refractivity contribution in [2.24, 2.45) is 5.41 Å². The van der Waals surface area contributed by atoms with E-state index in [-0.39, 0.29) is 11.5 Å². The smallest absolute Gasteiger partial charge is 0.0811 e. The average Bonchev–Trinajstić information content (AvgIpc) is 2.31. The van der Waals surface area contributed by atoms with Crippen LogP contribution in [0.3, 0.4) is 0 Å². The van der Waals surface area contributed by atoms with Crippen LogP contribution < -0.4 is 0 Å². The Morgan fingerprint density at radius 3 is 2.56 bits per heavy atom. The molecule has 0 aliphatic heterocycles. The summed E-state index contributed by atoms with van der Waals surface area (Å²) >= 11 is 2.33. The number of allylic oxidation sites excluding steroid dienone is 1. The zero-order valence-corrected chi connectivity index (χ0v) is 13.3. The van der Waals surface area contributed by atoms with Gasteiger partial charge in [0.1, 0.15) is 0 Å². The Balaban J connectivity index is 2.68. The van der Waals surface area contributed by atoms with Crippen LogP contribution in [0.2, 0.25) is 0 Å². The lowest BCUT2D eigenvalue weighted by atomic mass is 9.83. The lowest BCUT2D eigenvalue weighted by Gasteiger charge is -2.31. The maximum Gasteiger partial charge on any atom is 0.0811 e. The molecule has 0 spiro atoms. The maximum atomic E-state index is 6.00. The van der Waals surface area contributed by atoms with E-state index >= 15 is 0 Å². The van der Waals surface area contributed by atoms with Gasteiger partial charge >= 0.3 is 0 Å². The van der Waals surface area contributed by atoms with Crippen LogP contribution in [0.4, 0.5) is 0 Å². The molecule has 1 unspecified atom stereocenters. The first-order valence-corrected chi connectivity index (χ1v) is 7.17. The third-order valence-corrected chi connectivity index (χ3v) is 4.08. The van der Waals surface area contributed by atoms with Crippen molar-refractivity contribution in [1.29, 1.82) is 0 Å². The van der Waals surface area contributed by atoms with E-state index in [1.165, 1.54) is 9.13 Å². The van der Waals surface area contributed by atoms with Gasteiger partial charge in [0.15, 0.2) is 0 Å². The molecule has 0 amide bonds. The molecule has 1 nitrogen and oxygen atoms in total. The molecule has 2 heteroatoms. The van der Waals surface area contributed by atoms with E-state index in [2.05, 4.69) is 61.7 Å². The minimum absolute atomic E-state index is 0.0315. The van der Waals surface area contributed by atoms with E-state index in [1.54, 1.807) is 0 Å². The molecule has 18 heavy (non-hydrogen) atoms. The summed E-state index contributed by atoms with van der Waals surface area (Å²) in [5, 5.41) is 0. The van der Waals surface area contributed by atoms with Gasteiger partial charge in [-0.2, -0.15) is 0 Å². The summed E-state index contributed by atoms with van der Waals surface area (Å²) in [7, 11) is 0. The fraction of sp³-hybridized carbons (Fsp3) is 0.375. The van der Waals surface area contributed by atoms with Crippen molar-refractivity contribution in [1.82, 2.24) is 0 Å². The van der Waals surface area contributed by atoms with Crippen molar-refractivity contribution in [2.75, 3.05) is 0 Å². The Kier molecular flexibility index (Phi) is 6.09. The largest absolute Gasteiger partial charge is 0.369 e. The minimum atomic E-state index is 0.0315. The molecule has 0 N–H and O–H groups in total. The number of ether oxygens (including phenoxy) is 1. The van der Waals surface area contributed by atoms with Crippen molar-refractivity contribution < 1.29 is 4.74 Å². The molecule has 1 rings (SSSR count). The number of benzene rings is 1. The number of hydrogen-bond acceptors (Lipinski definition) is 1. The zero-order chi connectivity index (χ0) is 13.6. The van der Waals surface area contributed by atoms with Gasteiger partial charge in [-0.25, -0.2) is 0 Å². The van der Waals surface area contributed by atoms with Crippen molar-refractivity contribution in [3.63, 3.8) is 0 Å². The van der Waals surface area contributed by atoms with Crippen molar-refractivity contribution in [2.45, 2.75) is 33.0 Å². The van der Waals surface area contributed by atoms with E-state index in [0.29, 0.717) is 6.61 Å². The Morgan fingerprint density at radius 1 is 1.33 bits per heavy atom. The Labute approximate surface area is 124 Å². The summed E-state index contributed by atoms with van der Waals surface area (Å²) in [5.74, 6) is 0. The van der Waals surface area contributed by atoms with Crippen LogP contribution in [0.15, 0.2) is 49.6 Å². The Morgan fingerprint density at radius 2 is 2.00 bits per heavy atom. The van der Waals surface area contributed by atoms with Gasteiger partial charge in [0.05, 0.1) is 12.7 Å². The van der Waals surface area contributed by atoms with Crippen LogP contribution in [-0.4, -0.2) is 6.10 Å². The number of halogens is 1. The molecule has 0 bridgehead atoms. The molecule has 0 aliphatic carbocycles. The second kappa shape index (κ2) is 7.10. The summed E-state index contributed by atoms with van der Waals surface area (Å²) in [5.41, 5.74) is 1.25. The molecule has 0 heterocycles. The fourth-order valence-corrected chi connectivity index (χ4v) is 2.44. The Hall–Kier alpha value is -0.610. The summed E-state index contributed by atoms with van der Waals surface area (Å²) < 4.78 is 7.24. The van der Waals surface area contributed by atoms with Gasteiger partial charge < -0.3 is 4.74 Å². The summed E-state index contributed by atoms with van der Waals surface area (Å²) in [6, 6.07) is 8.27. The third-order valence-electron chi connectivity index (χ3n) is 3.03. The molecular weight excluding hydrogens is 335 g/mol. The highest BCUT2D eigenvalue weighted by Crippen LogP contribution is 2.29. The van der Waals surface area contributed by atoms with Gasteiger partial charge in [-0.15, -0.1) is 13.2 Å². The lowest BCUT2D eigenvalue weighted by molar-refractivity contribution is -0.00276. The van der Waals surface area contributed by atoms with Crippen molar-refractivity contribution >= 4 is 22.6 Å². The van der Waals surface area contributed by atoms with Crippen LogP contribution in [0.5, 0.6) is 0 Å². The maximum absolute atomic E-state index is 6.00. The minimum Gasteiger partial charge on any atom is -0.369 e. The van der Waals surface area contributed by atoms with E-state index in [1.807, 2.05) is 24.3 Å². The van der Waals surface area contributed by atoms with E-state index < -0.39 is 0 Å². The number of rotatable bonds is 7. The Bertz CT molecular complexity index is 409. The molecule has 1 aromatic rings. The predicted molar refractivity (Wildman–Crippen MR) is 86.5 cm³/mol. The normalized spacial score (nSPS) is 13.1. The molecule has 0 saturated carbocycles. The molecule has 1 atom stereocenters. The van der Waals surface area contributed by atoms with Crippen LogP contribution in [0.25, 0.3) is 0 Å². The van der Waals surface area contributed by atoms with Crippen LogP contribution >= 0.6 is 22.6 Å². The van der Waals surface area contributed by atoms with E-state index in [0.717, 1.165) is 6.42 Å². The molecule has 0 fully saturated rings.